The molecule has 3 aromatic rings. The van der Waals surface area contributed by atoms with E-state index in [2.05, 4.69) is 17.2 Å². The molecule has 0 saturated carbocycles. The van der Waals surface area contributed by atoms with Crippen molar-refractivity contribution in [3.8, 4) is 11.5 Å². The van der Waals surface area contributed by atoms with Crippen molar-refractivity contribution in [2.75, 3.05) is 19.0 Å². The van der Waals surface area contributed by atoms with Gasteiger partial charge in [0.15, 0.2) is 16.6 Å². The lowest BCUT2D eigenvalue weighted by atomic mass is 10.2. The molecule has 146 valence electrons. The Balaban J connectivity index is 1.61. The topological polar surface area (TPSA) is 60.5 Å². The van der Waals surface area contributed by atoms with Gasteiger partial charge in [0.05, 0.1) is 23.9 Å². The fourth-order valence-corrected chi connectivity index (χ4v) is 3.55. The second-order valence-electron chi connectivity index (χ2n) is 6.28. The van der Waals surface area contributed by atoms with Gasteiger partial charge in [0, 0.05) is 6.08 Å². The smallest absolute Gasteiger partial charge is 0.250 e. The van der Waals surface area contributed by atoms with E-state index in [-0.39, 0.29) is 5.91 Å². The zero-order valence-electron chi connectivity index (χ0n) is 16.1. The lowest BCUT2D eigenvalue weighted by molar-refractivity contribution is -0.111. The van der Waals surface area contributed by atoms with Crippen molar-refractivity contribution in [1.29, 1.82) is 0 Å². The van der Waals surface area contributed by atoms with Gasteiger partial charge in [0.25, 0.3) is 0 Å². The minimum atomic E-state index is -0.224. The van der Waals surface area contributed by atoms with Gasteiger partial charge in [-0.1, -0.05) is 49.3 Å². The Bertz CT molecular complexity index is 932. The van der Waals surface area contributed by atoms with Gasteiger partial charge >= 0.3 is 0 Å². The summed E-state index contributed by atoms with van der Waals surface area (Å²) in [6, 6.07) is 13.4. The first kappa shape index (κ1) is 19.9. The number of carbonyl (C=O) groups excluding carboxylic acids is 1. The SMILES string of the molecule is CCCCCOc1ccc(C=CC(=O)Nc2nc3ccccc3s2)cc1OC. The Morgan fingerprint density at radius 1 is 1.18 bits per heavy atom. The first-order valence-corrected chi connectivity index (χ1v) is 10.2. The number of benzene rings is 2. The number of unbranched alkanes of at least 4 members (excludes halogenated alkanes) is 2. The molecule has 0 radical (unpaired) electrons. The Morgan fingerprint density at radius 2 is 2.04 bits per heavy atom. The summed E-state index contributed by atoms with van der Waals surface area (Å²) >= 11 is 1.45. The number of hydrogen-bond acceptors (Lipinski definition) is 5. The highest BCUT2D eigenvalue weighted by Crippen LogP contribution is 2.29. The number of anilines is 1. The number of nitrogens with zero attached hydrogens (tertiary/aromatic N) is 1. The number of ether oxygens (including phenoxy) is 2. The number of hydrogen-bond donors (Lipinski definition) is 1. The van der Waals surface area contributed by atoms with Crippen LogP contribution in [0.25, 0.3) is 16.3 Å². The Morgan fingerprint density at radius 3 is 2.82 bits per heavy atom. The molecule has 0 aliphatic carbocycles. The van der Waals surface area contributed by atoms with Crippen molar-refractivity contribution < 1.29 is 14.3 Å². The summed E-state index contributed by atoms with van der Waals surface area (Å²) in [5.74, 6) is 1.15. The predicted octanol–water partition coefficient (Wildman–Crippen LogP) is 5.53. The third-order valence-corrected chi connectivity index (χ3v) is 5.10. The van der Waals surface area contributed by atoms with Crippen molar-refractivity contribution in [3.05, 3.63) is 54.1 Å². The van der Waals surface area contributed by atoms with Gasteiger partial charge < -0.3 is 9.47 Å². The van der Waals surface area contributed by atoms with Crippen LogP contribution in [0.4, 0.5) is 5.13 Å². The van der Waals surface area contributed by atoms with Gasteiger partial charge in [-0.3, -0.25) is 10.1 Å². The summed E-state index contributed by atoms with van der Waals surface area (Å²) in [6.45, 7) is 2.83. The number of para-hydroxylation sites is 1. The van der Waals surface area contributed by atoms with Gasteiger partial charge in [-0.15, -0.1) is 0 Å². The van der Waals surface area contributed by atoms with E-state index in [1.165, 1.54) is 17.4 Å². The normalized spacial score (nSPS) is 11.1. The summed E-state index contributed by atoms with van der Waals surface area (Å²) in [4.78, 5) is 16.6. The fraction of sp³-hybridized carbons (Fsp3) is 0.273. The minimum absolute atomic E-state index is 0.224. The molecule has 0 atom stereocenters. The number of methoxy groups -OCH3 is 1. The molecule has 0 unspecified atom stereocenters. The molecular weight excluding hydrogens is 372 g/mol. The minimum Gasteiger partial charge on any atom is -0.493 e. The van der Waals surface area contributed by atoms with Crippen molar-refractivity contribution in [2.45, 2.75) is 26.2 Å². The molecule has 0 spiro atoms. The highest BCUT2D eigenvalue weighted by Gasteiger charge is 2.07. The van der Waals surface area contributed by atoms with E-state index in [0.29, 0.717) is 17.5 Å². The molecule has 0 bridgehead atoms. The van der Waals surface area contributed by atoms with E-state index in [0.717, 1.165) is 40.8 Å². The molecule has 28 heavy (non-hydrogen) atoms. The van der Waals surface area contributed by atoms with Crippen LogP contribution in [-0.2, 0) is 4.79 Å². The van der Waals surface area contributed by atoms with Crippen LogP contribution in [0.3, 0.4) is 0 Å². The predicted molar refractivity (Wildman–Crippen MR) is 115 cm³/mol. The zero-order chi connectivity index (χ0) is 19.8. The number of rotatable bonds is 9. The van der Waals surface area contributed by atoms with E-state index in [4.69, 9.17) is 9.47 Å². The van der Waals surface area contributed by atoms with E-state index < -0.39 is 0 Å². The summed E-state index contributed by atoms with van der Waals surface area (Å²) in [7, 11) is 1.61. The van der Waals surface area contributed by atoms with Gasteiger partial charge in [-0.2, -0.15) is 0 Å². The lowest BCUT2D eigenvalue weighted by Crippen LogP contribution is -2.07. The lowest BCUT2D eigenvalue weighted by Gasteiger charge is -2.11. The maximum absolute atomic E-state index is 12.2. The maximum atomic E-state index is 12.2. The highest BCUT2D eigenvalue weighted by atomic mass is 32.1. The second kappa shape index (κ2) is 9.90. The molecule has 1 amide bonds. The van der Waals surface area contributed by atoms with Crippen LogP contribution in [0.5, 0.6) is 11.5 Å². The standard InChI is InChI=1S/C22H24N2O3S/c1-3-4-7-14-27-18-12-10-16(15-19(18)26-2)11-13-21(25)24-22-23-17-8-5-6-9-20(17)28-22/h5-6,8-13,15H,3-4,7,14H2,1-2H3,(H,23,24,25). The Labute approximate surface area is 169 Å². The number of thiazole rings is 1. The van der Waals surface area contributed by atoms with Crippen molar-refractivity contribution in [2.24, 2.45) is 0 Å². The molecule has 0 aliphatic heterocycles. The first-order valence-electron chi connectivity index (χ1n) is 9.35. The molecular formula is C22H24N2O3S. The Kier molecular flexibility index (Phi) is 7.03. The van der Waals surface area contributed by atoms with Crippen molar-refractivity contribution >= 4 is 38.7 Å². The molecule has 0 saturated heterocycles. The van der Waals surface area contributed by atoms with Crippen LogP contribution < -0.4 is 14.8 Å². The van der Waals surface area contributed by atoms with E-state index in [1.807, 2.05) is 42.5 Å². The van der Waals surface area contributed by atoms with Crippen LogP contribution in [0.15, 0.2) is 48.5 Å². The average molecular weight is 397 g/mol. The third kappa shape index (κ3) is 5.33. The van der Waals surface area contributed by atoms with Gasteiger partial charge in [0.1, 0.15) is 0 Å². The zero-order valence-corrected chi connectivity index (χ0v) is 16.9. The van der Waals surface area contributed by atoms with Crippen LogP contribution in [-0.4, -0.2) is 24.6 Å². The van der Waals surface area contributed by atoms with Gasteiger partial charge in [0.2, 0.25) is 5.91 Å². The molecule has 6 heteroatoms. The molecule has 0 fully saturated rings. The molecule has 1 heterocycles. The number of nitrogens with one attached hydrogen (secondary N) is 1. The summed E-state index contributed by atoms with van der Waals surface area (Å²) in [5.41, 5.74) is 1.74. The number of fused-ring (bicyclic) bond motifs is 1. The van der Waals surface area contributed by atoms with E-state index in [1.54, 1.807) is 13.2 Å². The quantitative estimate of drug-likeness (QED) is 0.382. The molecule has 0 aliphatic rings. The Hall–Kier alpha value is -2.86. The van der Waals surface area contributed by atoms with Crippen LogP contribution in [0.2, 0.25) is 0 Å². The molecule has 2 aromatic carbocycles. The second-order valence-corrected chi connectivity index (χ2v) is 7.31. The fourth-order valence-electron chi connectivity index (χ4n) is 2.69. The van der Waals surface area contributed by atoms with Crippen LogP contribution >= 0.6 is 11.3 Å². The van der Waals surface area contributed by atoms with Crippen LogP contribution in [0, 0.1) is 0 Å². The van der Waals surface area contributed by atoms with Gasteiger partial charge in [-0.05, 0) is 42.3 Å². The molecule has 5 nitrogen and oxygen atoms in total. The molecule has 1 N–H and O–H groups in total. The molecule has 3 rings (SSSR count). The molecule has 1 aromatic heterocycles. The highest BCUT2D eigenvalue weighted by molar-refractivity contribution is 7.22. The number of aromatic nitrogens is 1. The van der Waals surface area contributed by atoms with Crippen LogP contribution in [0.1, 0.15) is 31.7 Å². The van der Waals surface area contributed by atoms with Crippen molar-refractivity contribution in [3.63, 3.8) is 0 Å². The largest absolute Gasteiger partial charge is 0.493 e. The average Bonchev–Trinajstić information content (AvgIpc) is 3.12. The van der Waals surface area contributed by atoms with E-state index >= 15 is 0 Å². The first-order chi connectivity index (χ1) is 13.7. The third-order valence-electron chi connectivity index (χ3n) is 4.14. The summed E-state index contributed by atoms with van der Waals surface area (Å²) in [5, 5.41) is 3.39. The number of carbonyl (C=O) groups is 1. The summed E-state index contributed by atoms with van der Waals surface area (Å²) in [6.07, 6.45) is 6.55. The number of amides is 1. The maximum Gasteiger partial charge on any atom is 0.250 e. The monoisotopic (exact) mass is 396 g/mol. The van der Waals surface area contributed by atoms with E-state index in [9.17, 15) is 4.79 Å². The van der Waals surface area contributed by atoms with Gasteiger partial charge in [-0.25, -0.2) is 4.98 Å². The summed E-state index contributed by atoms with van der Waals surface area (Å²) < 4.78 is 12.2. The van der Waals surface area contributed by atoms with Crippen molar-refractivity contribution in [1.82, 2.24) is 4.98 Å².